The molecular weight excluding hydrogens is 372 g/mol. The van der Waals surface area contributed by atoms with Crippen LogP contribution in [0.1, 0.15) is 29.1 Å². The first-order chi connectivity index (χ1) is 10.3. The van der Waals surface area contributed by atoms with Crippen molar-refractivity contribution in [1.82, 2.24) is 9.13 Å². The Kier molecular flexibility index (Phi) is 4.91. The first kappa shape index (κ1) is 17.0. The molecule has 0 aliphatic carbocycles. The second-order valence-corrected chi connectivity index (χ2v) is 7.00. The number of halogens is 1. The molecule has 0 fully saturated rings. The molecule has 8 heteroatoms. The van der Waals surface area contributed by atoms with Crippen LogP contribution in [0, 0.1) is 5.92 Å². The summed E-state index contributed by atoms with van der Waals surface area (Å²) in [4.78, 5) is 38.2. The molecule has 0 atom stereocenters. The number of thiophene rings is 1. The molecule has 6 nitrogen and oxygen atoms in total. The molecule has 2 aromatic rings. The van der Waals surface area contributed by atoms with Gasteiger partial charge in [-0.2, -0.15) is 0 Å². The van der Waals surface area contributed by atoms with Crippen molar-refractivity contribution in [3.8, 4) is 0 Å². The third-order valence-corrected chi connectivity index (χ3v) is 5.45. The smallest absolute Gasteiger partial charge is 0.339 e. The van der Waals surface area contributed by atoms with Crippen molar-refractivity contribution >= 4 is 43.5 Å². The molecule has 0 amide bonds. The van der Waals surface area contributed by atoms with Gasteiger partial charge in [0.15, 0.2) is 0 Å². The molecule has 0 aliphatic heterocycles. The Bertz CT molecular complexity index is 847. The number of aromatic nitrogens is 2. The highest BCUT2D eigenvalue weighted by atomic mass is 79.9. The fraction of sp³-hybridized carbons (Fsp3) is 0.500. The van der Waals surface area contributed by atoms with Crippen molar-refractivity contribution in [2.45, 2.75) is 25.7 Å². The topological polar surface area (TPSA) is 70.3 Å². The predicted octanol–water partition coefficient (Wildman–Crippen LogP) is 2.10. The molecule has 2 aromatic heterocycles. The molecule has 2 heterocycles. The van der Waals surface area contributed by atoms with Crippen molar-refractivity contribution in [1.29, 1.82) is 0 Å². The number of fused-ring (bicyclic) bond motifs is 1. The molecule has 0 aromatic carbocycles. The monoisotopic (exact) mass is 388 g/mol. The number of hydrogen-bond donors (Lipinski definition) is 0. The summed E-state index contributed by atoms with van der Waals surface area (Å²) in [6, 6.07) is 0. The third kappa shape index (κ3) is 2.65. The Balaban J connectivity index is 3.00. The van der Waals surface area contributed by atoms with Crippen molar-refractivity contribution in [2.75, 3.05) is 7.11 Å². The zero-order valence-electron chi connectivity index (χ0n) is 12.8. The first-order valence-electron chi connectivity index (χ1n) is 6.72. The van der Waals surface area contributed by atoms with E-state index in [0.717, 1.165) is 4.57 Å². The zero-order chi connectivity index (χ0) is 16.6. The van der Waals surface area contributed by atoms with E-state index in [1.165, 1.54) is 25.5 Å². The average molecular weight is 389 g/mol. The molecule has 120 valence electrons. The lowest BCUT2D eigenvalue weighted by molar-refractivity contribution is 0.0602. The van der Waals surface area contributed by atoms with Crippen molar-refractivity contribution < 1.29 is 9.53 Å². The standard InChI is InChI=1S/C14H17BrN2O4S/c1-7(2)6-17-12-10(11(18)16(3)14(17)20)9(13(19)21-4)8(5-15)22-12/h7H,5-6H2,1-4H3. The second kappa shape index (κ2) is 6.37. The van der Waals surface area contributed by atoms with Crippen molar-refractivity contribution in [3.63, 3.8) is 0 Å². The quantitative estimate of drug-likeness (QED) is 0.593. The van der Waals surface area contributed by atoms with E-state index in [1.807, 2.05) is 13.8 Å². The summed E-state index contributed by atoms with van der Waals surface area (Å²) in [6.07, 6.45) is 0. The maximum absolute atomic E-state index is 12.5. The van der Waals surface area contributed by atoms with E-state index in [9.17, 15) is 14.4 Å². The van der Waals surface area contributed by atoms with Gasteiger partial charge in [0, 0.05) is 23.8 Å². The highest BCUT2D eigenvalue weighted by Gasteiger charge is 2.25. The Morgan fingerprint density at radius 3 is 2.50 bits per heavy atom. The summed E-state index contributed by atoms with van der Waals surface area (Å²) in [5.74, 6) is -0.331. The number of methoxy groups -OCH3 is 1. The number of nitrogens with zero attached hydrogens (tertiary/aromatic N) is 2. The molecule has 22 heavy (non-hydrogen) atoms. The van der Waals surface area contributed by atoms with Gasteiger partial charge in [0.2, 0.25) is 0 Å². The van der Waals surface area contributed by atoms with Gasteiger partial charge in [-0.3, -0.25) is 13.9 Å². The highest BCUT2D eigenvalue weighted by molar-refractivity contribution is 9.08. The second-order valence-electron chi connectivity index (χ2n) is 5.36. The molecule has 0 saturated carbocycles. The lowest BCUT2D eigenvalue weighted by Crippen LogP contribution is -2.38. The highest BCUT2D eigenvalue weighted by Crippen LogP contribution is 2.31. The van der Waals surface area contributed by atoms with E-state index in [1.54, 1.807) is 4.57 Å². The van der Waals surface area contributed by atoms with Crippen LogP contribution in [0.5, 0.6) is 0 Å². The van der Waals surface area contributed by atoms with Gasteiger partial charge in [-0.1, -0.05) is 29.8 Å². The zero-order valence-corrected chi connectivity index (χ0v) is 15.2. The van der Waals surface area contributed by atoms with Crippen molar-refractivity contribution in [3.05, 3.63) is 31.3 Å². The summed E-state index contributed by atoms with van der Waals surface area (Å²) >= 11 is 4.60. The summed E-state index contributed by atoms with van der Waals surface area (Å²) in [7, 11) is 2.70. The largest absolute Gasteiger partial charge is 0.465 e. The van der Waals surface area contributed by atoms with Gasteiger partial charge < -0.3 is 4.74 Å². The number of carbonyl (C=O) groups is 1. The Labute approximate surface area is 139 Å². The number of carbonyl (C=O) groups excluding carboxylic acids is 1. The molecule has 0 aliphatic rings. The van der Waals surface area contributed by atoms with E-state index in [2.05, 4.69) is 15.9 Å². The molecule has 0 spiro atoms. The van der Waals surface area contributed by atoms with Gasteiger partial charge in [0.1, 0.15) is 4.83 Å². The Morgan fingerprint density at radius 2 is 2.00 bits per heavy atom. The van der Waals surface area contributed by atoms with Crippen LogP contribution in [0.2, 0.25) is 0 Å². The average Bonchev–Trinajstić information content (AvgIpc) is 2.87. The fourth-order valence-electron chi connectivity index (χ4n) is 2.31. The molecule has 0 radical (unpaired) electrons. The fourth-order valence-corrected chi connectivity index (χ4v) is 4.07. The molecule has 0 saturated heterocycles. The molecular formula is C14H17BrN2O4S. The van der Waals surface area contributed by atoms with E-state index >= 15 is 0 Å². The van der Waals surface area contributed by atoms with Gasteiger partial charge in [-0.25, -0.2) is 9.59 Å². The number of alkyl halides is 1. The van der Waals surface area contributed by atoms with Crippen LogP contribution in [-0.2, 0) is 23.7 Å². The minimum Gasteiger partial charge on any atom is -0.465 e. The van der Waals surface area contributed by atoms with E-state index in [0.29, 0.717) is 21.6 Å². The molecule has 0 bridgehead atoms. The van der Waals surface area contributed by atoms with Gasteiger partial charge >= 0.3 is 11.7 Å². The van der Waals surface area contributed by atoms with Crippen LogP contribution in [0.15, 0.2) is 9.59 Å². The Morgan fingerprint density at radius 1 is 1.36 bits per heavy atom. The minimum atomic E-state index is -0.562. The minimum absolute atomic E-state index is 0.231. The van der Waals surface area contributed by atoms with E-state index in [4.69, 9.17) is 4.74 Å². The van der Waals surface area contributed by atoms with E-state index < -0.39 is 11.5 Å². The summed E-state index contributed by atoms with van der Waals surface area (Å²) in [5, 5.41) is 0.671. The lowest BCUT2D eigenvalue weighted by atomic mass is 10.2. The number of ether oxygens (including phenoxy) is 1. The van der Waals surface area contributed by atoms with E-state index in [-0.39, 0.29) is 22.6 Å². The summed E-state index contributed by atoms with van der Waals surface area (Å²) in [6.45, 7) is 4.46. The van der Waals surface area contributed by atoms with Crippen LogP contribution >= 0.6 is 27.3 Å². The SMILES string of the molecule is COC(=O)c1c(CBr)sc2c1c(=O)n(C)c(=O)n2CC(C)C. The van der Waals surface area contributed by atoms with Crippen LogP contribution in [-0.4, -0.2) is 22.2 Å². The third-order valence-electron chi connectivity index (χ3n) is 3.30. The van der Waals surface area contributed by atoms with Gasteiger partial charge in [0.25, 0.3) is 5.56 Å². The summed E-state index contributed by atoms with van der Waals surface area (Å²) < 4.78 is 7.41. The summed E-state index contributed by atoms with van der Waals surface area (Å²) in [5.41, 5.74) is -0.591. The van der Waals surface area contributed by atoms with Gasteiger partial charge in [0.05, 0.1) is 18.1 Å². The maximum atomic E-state index is 12.5. The maximum Gasteiger partial charge on any atom is 0.339 e. The van der Waals surface area contributed by atoms with Crippen molar-refractivity contribution in [2.24, 2.45) is 13.0 Å². The van der Waals surface area contributed by atoms with Crippen LogP contribution < -0.4 is 11.2 Å². The molecule has 2 rings (SSSR count). The number of hydrogen-bond acceptors (Lipinski definition) is 5. The molecule has 0 unspecified atom stereocenters. The van der Waals surface area contributed by atoms with Crippen LogP contribution in [0.25, 0.3) is 10.2 Å². The van der Waals surface area contributed by atoms with Crippen LogP contribution in [0.3, 0.4) is 0 Å². The normalized spacial score (nSPS) is 11.4. The lowest BCUT2D eigenvalue weighted by Gasteiger charge is -2.11. The number of rotatable bonds is 4. The van der Waals surface area contributed by atoms with Gasteiger partial charge in [-0.05, 0) is 5.92 Å². The first-order valence-corrected chi connectivity index (χ1v) is 8.66. The van der Waals surface area contributed by atoms with Gasteiger partial charge in [-0.15, -0.1) is 11.3 Å². The number of esters is 1. The Hall–Kier alpha value is -1.41. The molecule has 0 N–H and O–H groups in total. The van der Waals surface area contributed by atoms with Crippen LogP contribution in [0.4, 0.5) is 0 Å². The predicted molar refractivity (Wildman–Crippen MR) is 90.1 cm³/mol.